The van der Waals surface area contributed by atoms with Gasteiger partial charge in [-0.2, -0.15) is 0 Å². The molecular weight excluding hydrogens is 348 g/mol. The molecule has 0 fully saturated rings. The second-order valence-electron chi connectivity index (χ2n) is 5.83. The van der Waals surface area contributed by atoms with Crippen molar-refractivity contribution in [1.29, 1.82) is 0 Å². The summed E-state index contributed by atoms with van der Waals surface area (Å²) in [6.07, 6.45) is -0.620. The summed E-state index contributed by atoms with van der Waals surface area (Å²) in [5.41, 5.74) is 2.85. The number of amides is 1. The Morgan fingerprint density at radius 2 is 1.92 bits per heavy atom. The van der Waals surface area contributed by atoms with E-state index in [1.54, 1.807) is 14.0 Å². The molecule has 3 aromatic rings. The van der Waals surface area contributed by atoms with E-state index in [0.717, 1.165) is 22.6 Å². The van der Waals surface area contributed by atoms with Gasteiger partial charge < -0.3 is 9.47 Å². The highest BCUT2D eigenvalue weighted by Crippen LogP contribution is 2.26. The van der Waals surface area contributed by atoms with Crippen LogP contribution in [0.1, 0.15) is 12.5 Å². The molecule has 0 saturated heterocycles. The number of carbonyl (C=O) groups excluding carboxylic acids is 1. The van der Waals surface area contributed by atoms with E-state index >= 15 is 0 Å². The van der Waals surface area contributed by atoms with Gasteiger partial charge in [-0.15, -0.1) is 11.3 Å². The average molecular weight is 368 g/mol. The first kappa shape index (κ1) is 17.9. The number of aryl methyl sites for hydroxylation is 1. The van der Waals surface area contributed by atoms with Gasteiger partial charge in [-0.1, -0.05) is 12.1 Å². The van der Waals surface area contributed by atoms with Crippen molar-refractivity contribution in [3.05, 3.63) is 59.5 Å². The third-order valence-electron chi connectivity index (χ3n) is 3.79. The molecular formula is C20H20N2O3S. The predicted octanol–water partition coefficient (Wildman–Crippen LogP) is 4.53. The molecule has 3 rings (SSSR count). The summed E-state index contributed by atoms with van der Waals surface area (Å²) in [4.78, 5) is 16.8. The van der Waals surface area contributed by atoms with Gasteiger partial charge in [0.05, 0.1) is 12.8 Å². The van der Waals surface area contributed by atoms with E-state index in [9.17, 15) is 4.79 Å². The summed E-state index contributed by atoms with van der Waals surface area (Å²) in [5, 5.41) is 5.26. The van der Waals surface area contributed by atoms with Crippen LogP contribution in [0, 0.1) is 6.92 Å². The van der Waals surface area contributed by atoms with E-state index in [2.05, 4.69) is 10.3 Å². The molecule has 134 valence electrons. The standard InChI is InChI=1S/C20H20N2O3S/c1-13-5-4-6-17(11-13)25-14(2)19(23)22-20-21-18(12-26-20)15-7-9-16(24-3)10-8-15/h4-12,14H,1-3H3,(H,21,22,23)/t14-/m1/s1. The SMILES string of the molecule is COc1ccc(-c2csc(NC(=O)[C@@H](C)Oc3cccc(C)c3)n2)cc1. The minimum Gasteiger partial charge on any atom is -0.497 e. The number of hydrogen-bond donors (Lipinski definition) is 1. The largest absolute Gasteiger partial charge is 0.497 e. The molecule has 0 aliphatic heterocycles. The Morgan fingerprint density at radius 1 is 1.15 bits per heavy atom. The highest BCUT2D eigenvalue weighted by atomic mass is 32.1. The monoisotopic (exact) mass is 368 g/mol. The Balaban J connectivity index is 1.63. The molecule has 1 atom stereocenters. The molecule has 0 spiro atoms. The first-order valence-electron chi connectivity index (χ1n) is 8.19. The zero-order valence-electron chi connectivity index (χ0n) is 14.9. The van der Waals surface area contributed by atoms with Gasteiger partial charge in [0.15, 0.2) is 11.2 Å². The van der Waals surface area contributed by atoms with Crippen molar-refractivity contribution >= 4 is 22.4 Å². The highest BCUT2D eigenvalue weighted by Gasteiger charge is 2.17. The maximum atomic E-state index is 12.3. The smallest absolute Gasteiger partial charge is 0.266 e. The summed E-state index contributed by atoms with van der Waals surface area (Å²) in [6.45, 7) is 3.70. The number of hydrogen-bond acceptors (Lipinski definition) is 5. The van der Waals surface area contributed by atoms with Crippen LogP contribution in [0.4, 0.5) is 5.13 Å². The number of rotatable bonds is 6. The van der Waals surface area contributed by atoms with Gasteiger partial charge in [-0.05, 0) is 55.8 Å². The number of methoxy groups -OCH3 is 1. The van der Waals surface area contributed by atoms with Crippen molar-refractivity contribution in [1.82, 2.24) is 4.98 Å². The number of thiazole rings is 1. The Morgan fingerprint density at radius 3 is 2.62 bits per heavy atom. The van der Waals surface area contributed by atoms with Gasteiger partial charge in [0.25, 0.3) is 5.91 Å². The fraction of sp³-hybridized carbons (Fsp3) is 0.200. The number of aromatic nitrogens is 1. The summed E-state index contributed by atoms with van der Waals surface area (Å²) >= 11 is 1.38. The molecule has 2 aromatic carbocycles. The lowest BCUT2D eigenvalue weighted by Crippen LogP contribution is -2.30. The molecule has 1 amide bonds. The van der Waals surface area contributed by atoms with Crippen LogP contribution in [-0.4, -0.2) is 24.1 Å². The molecule has 1 heterocycles. The Kier molecular flexibility index (Phi) is 5.53. The predicted molar refractivity (Wildman–Crippen MR) is 104 cm³/mol. The first-order valence-corrected chi connectivity index (χ1v) is 9.07. The molecule has 0 saturated carbocycles. The second kappa shape index (κ2) is 8.01. The van der Waals surface area contributed by atoms with Crippen LogP contribution in [0.3, 0.4) is 0 Å². The average Bonchev–Trinajstić information content (AvgIpc) is 3.10. The van der Waals surface area contributed by atoms with Gasteiger partial charge in [-0.25, -0.2) is 4.98 Å². The van der Waals surface area contributed by atoms with E-state index in [4.69, 9.17) is 9.47 Å². The van der Waals surface area contributed by atoms with Crippen molar-refractivity contribution < 1.29 is 14.3 Å². The van der Waals surface area contributed by atoms with Crippen LogP contribution in [0.5, 0.6) is 11.5 Å². The van der Waals surface area contributed by atoms with Crippen molar-refractivity contribution in [2.45, 2.75) is 20.0 Å². The Labute approximate surface area is 156 Å². The molecule has 0 aliphatic carbocycles. The lowest BCUT2D eigenvalue weighted by molar-refractivity contribution is -0.122. The second-order valence-corrected chi connectivity index (χ2v) is 6.69. The number of nitrogens with one attached hydrogen (secondary N) is 1. The van der Waals surface area contributed by atoms with Crippen molar-refractivity contribution in [3.63, 3.8) is 0 Å². The molecule has 0 radical (unpaired) electrons. The quantitative estimate of drug-likeness (QED) is 0.694. The van der Waals surface area contributed by atoms with Gasteiger partial charge in [-0.3, -0.25) is 10.1 Å². The minimum atomic E-state index is -0.620. The molecule has 1 aromatic heterocycles. The van der Waals surface area contributed by atoms with E-state index in [-0.39, 0.29) is 5.91 Å². The molecule has 0 bridgehead atoms. The van der Waals surface area contributed by atoms with Gasteiger partial charge in [0.2, 0.25) is 0 Å². The van der Waals surface area contributed by atoms with E-state index in [1.807, 2.05) is 60.8 Å². The molecule has 5 nitrogen and oxygen atoms in total. The highest BCUT2D eigenvalue weighted by molar-refractivity contribution is 7.14. The van der Waals surface area contributed by atoms with Gasteiger partial charge in [0.1, 0.15) is 11.5 Å². The normalized spacial score (nSPS) is 11.7. The third-order valence-corrected chi connectivity index (χ3v) is 4.55. The van der Waals surface area contributed by atoms with Gasteiger partial charge in [0, 0.05) is 10.9 Å². The Hall–Kier alpha value is -2.86. The molecule has 1 N–H and O–H groups in total. The first-order chi connectivity index (χ1) is 12.5. The van der Waals surface area contributed by atoms with Crippen molar-refractivity contribution in [2.24, 2.45) is 0 Å². The van der Waals surface area contributed by atoms with E-state index < -0.39 is 6.10 Å². The minimum absolute atomic E-state index is 0.234. The van der Waals surface area contributed by atoms with Crippen LogP contribution in [0.15, 0.2) is 53.9 Å². The van der Waals surface area contributed by atoms with Crippen LogP contribution in [0.2, 0.25) is 0 Å². The number of ether oxygens (including phenoxy) is 2. The van der Waals surface area contributed by atoms with E-state index in [1.165, 1.54) is 11.3 Å². The van der Waals surface area contributed by atoms with E-state index in [0.29, 0.717) is 10.9 Å². The van der Waals surface area contributed by atoms with Crippen LogP contribution in [-0.2, 0) is 4.79 Å². The fourth-order valence-electron chi connectivity index (χ4n) is 2.38. The topological polar surface area (TPSA) is 60.5 Å². The van der Waals surface area contributed by atoms with Crippen LogP contribution >= 0.6 is 11.3 Å². The number of carbonyl (C=O) groups is 1. The zero-order valence-corrected chi connectivity index (χ0v) is 15.7. The lowest BCUT2D eigenvalue weighted by atomic mass is 10.2. The summed E-state index contributed by atoms with van der Waals surface area (Å²) in [5.74, 6) is 1.23. The molecule has 0 unspecified atom stereocenters. The Bertz CT molecular complexity index is 890. The summed E-state index contributed by atoms with van der Waals surface area (Å²) in [6, 6.07) is 15.2. The molecule has 6 heteroatoms. The lowest BCUT2D eigenvalue weighted by Gasteiger charge is -2.14. The molecule has 0 aliphatic rings. The summed E-state index contributed by atoms with van der Waals surface area (Å²) in [7, 11) is 1.63. The fourth-order valence-corrected chi connectivity index (χ4v) is 3.10. The third kappa shape index (κ3) is 4.40. The maximum Gasteiger partial charge on any atom is 0.266 e. The number of anilines is 1. The maximum absolute atomic E-state index is 12.3. The zero-order chi connectivity index (χ0) is 18.5. The molecule has 26 heavy (non-hydrogen) atoms. The number of benzene rings is 2. The number of nitrogens with zero attached hydrogens (tertiary/aromatic N) is 1. The van der Waals surface area contributed by atoms with Crippen molar-refractivity contribution in [2.75, 3.05) is 12.4 Å². The van der Waals surface area contributed by atoms with Crippen LogP contribution in [0.25, 0.3) is 11.3 Å². The van der Waals surface area contributed by atoms with Crippen molar-refractivity contribution in [3.8, 4) is 22.8 Å². The summed E-state index contributed by atoms with van der Waals surface area (Å²) < 4.78 is 10.9. The van der Waals surface area contributed by atoms with Crippen LogP contribution < -0.4 is 14.8 Å². The van der Waals surface area contributed by atoms with Gasteiger partial charge >= 0.3 is 0 Å².